The van der Waals surface area contributed by atoms with E-state index in [1.165, 1.54) is 22.7 Å². The standard InChI is InChI=1S/C8H6B2O2S2/c11-9-5-1-3-13-7(5)10(12)6-2-4-14-8(6)9/h1-4,11-12H. The molecule has 0 spiro atoms. The van der Waals surface area contributed by atoms with Gasteiger partial charge in [-0.25, -0.2) is 0 Å². The van der Waals surface area contributed by atoms with E-state index >= 15 is 0 Å². The molecule has 2 nitrogen and oxygen atoms in total. The largest absolute Gasteiger partial charge is 0.442 e. The van der Waals surface area contributed by atoms with Crippen molar-refractivity contribution in [2.75, 3.05) is 0 Å². The SMILES string of the molecule is OB1c2ccsc2B(O)c2ccsc21. The van der Waals surface area contributed by atoms with Crippen LogP contribution >= 0.6 is 22.7 Å². The number of hydrogen-bond donors (Lipinski definition) is 2. The zero-order valence-electron chi connectivity index (χ0n) is 7.18. The molecule has 14 heavy (non-hydrogen) atoms. The lowest BCUT2D eigenvalue weighted by Gasteiger charge is -2.17. The van der Waals surface area contributed by atoms with Gasteiger partial charge in [0.2, 0.25) is 0 Å². The highest BCUT2D eigenvalue weighted by atomic mass is 32.1. The van der Waals surface area contributed by atoms with Gasteiger partial charge in [0.05, 0.1) is 0 Å². The van der Waals surface area contributed by atoms with Gasteiger partial charge in [-0.1, -0.05) is 12.1 Å². The molecular weight excluding hydrogens is 214 g/mol. The summed E-state index contributed by atoms with van der Waals surface area (Å²) in [7, 11) is 0. The Morgan fingerprint density at radius 3 is 1.71 bits per heavy atom. The molecule has 3 rings (SSSR count). The van der Waals surface area contributed by atoms with Crippen molar-refractivity contribution in [1.82, 2.24) is 0 Å². The van der Waals surface area contributed by atoms with Crippen LogP contribution in [0.15, 0.2) is 22.9 Å². The van der Waals surface area contributed by atoms with Crippen molar-refractivity contribution in [2.24, 2.45) is 0 Å². The fourth-order valence-electron chi connectivity index (χ4n) is 1.84. The molecule has 0 radical (unpaired) electrons. The second kappa shape index (κ2) is 2.97. The second-order valence-electron chi connectivity index (χ2n) is 3.29. The Labute approximate surface area is 90.1 Å². The summed E-state index contributed by atoms with van der Waals surface area (Å²) < 4.78 is 1.76. The highest BCUT2D eigenvalue weighted by Crippen LogP contribution is 2.04. The first-order valence-electron chi connectivity index (χ1n) is 4.29. The number of fused-ring (bicyclic) bond motifs is 2. The van der Waals surface area contributed by atoms with Crippen LogP contribution in [0.4, 0.5) is 0 Å². The molecule has 0 unspecified atom stereocenters. The van der Waals surface area contributed by atoms with Crippen LogP contribution in [0.1, 0.15) is 0 Å². The molecule has 3 heterocycles. The molecular formula is C8H6B2O2S2. The molecule has 0 atom stereocenters. The van der Waals surface area contributed by atoms with Gasteiger partial charge in [0.1, 0.15) is 0 Å². The zero-order chi connectivity index (χ0) is 9.71. The predicted octanol–water partition coefficient (Wildman–Crippen LogP) is -1.68. The average Bonchev–Trinajstić information content (AvgIpc) is 2.82. The summed E-state index contributed by atoms with van der Waals surface area (Å²) in [5, 5.41) is 23.9. The first-order valence-corrected chi connectivity index (χ1v) is 6.05. The van der Waals surface area contributed by atoms with Gasteiger partial charge in [-0.15, -0.1) is 0 Å². The molecule has 6 heteroatoms. The van der Waals surface area contributed by atoms with Gasteiger partial charge in [-0.3, -0.25) is 0 Å². The summed E-state index contributed by atoms with van der Waals surface area (Å²) in [5.41, 5.74) is 1.72. The summed E-state index contributed by atoms with van der Waals surface area (Å²) in [5.74, 6) is 0. The minimum absolute atomic E-state index is 0.547. The monoisotopic (exact) mass is 220 g/mol. The maximum absolute atomic E-state index is 10.0. The maximum Gasteiger partial charge on any atom is 0.369 e. The average molecular weight is 220 g/mol. The Balaban J connectivity index is 2.26. The van der Waals surface area contributed by atoms with Gasteiger partial charge in [0, 0.05) is 9.55 Å². The Bertz CT molecular complexity index is 398. The highest BCUT2D eigenvalue weighted by molar-refractivity contribution is 7.32. The number of thiophene rings is 2. The fraction of sp³-hybridized carbons (Fsp3) is 0. The zero-order valence-corrected chi connectivity index (χ0v) is 8.81. The second-order valence-corrected chi connectivity index (χ2v) is 5.18. The van der Waals surface area contributed by atoms with E-state index in [2.05, 4.69) is 0 Å². The predicted molar refractivity (Wildman–Crippen MR) is 63.1 cm³/mol. The van der Waals surface area contributed by atoms with E-state index in [0.717, 1.165) is 20.5 Å². The Morgan fingerprint density at radius 1 is 0.857 bits per heavy atom. The van der Waals surface area contributed by atoms with Gasteiger partial charge in [0.15, 0.2) is 0 Å². The maximum atomic E-state index is 10.0. The van der Waals surface area contributed by atoms with Gasteiger partial charge < -0.3 is 10.0 Å². The molecule has 2 aromatic rings. The molecule has 0 saturated heterocycles. The van der Waals surface area contributed by atoms with Crippen LogP contribution in [0.3, 0.4) is 0 Å². The number of hydrogen-bond acceptors (Lipinski definition) is 4. The lowest BCUT2D eigenvalue weighted by atomic mass is 9.42. The summed E-state index contributed by atoms with van der Waals surface area (Å²) in [4.78, 5) is 0. The Hall–Kier alpha value is -0.550. The summed E-state index contributed by atoms with van der Waals surface area (Å²) in [6, 6.07) is 3.77. The molecule has 68 valence electrons. The van der Waals surface area contributed by atoms with Crippen LogP contribution in [0.5, 0.6) is 0 Å². The molecule has 2 N–H and O–H groups in total. The minimum Gasteiger partial charge on any atom is -0.442 e. The van der Waals surface area contributed by atoms with E-state index in [1.807, 2.05) is 22.9 Å². The normalized spacial score (nSPS) is 14.1. The van der Waals surface area contributed by atoms with Crippen molar-refractivity contribution in [1.29, 1.82) is 0 Å². The van der Waals surface area contributed by atoms with Crippen molar-refractivity contribution in [3.05, 3.63) is 22.9 Å². The molecule has 0 aliphatic carbocycles. The van der Waals surface area contributed by atoms with Crippen LogP contribution < -0.4 is 20.5 Å². The van der Waals surface area contributed by atoms with E-state index in [9.17, 15) is 10.0 Å². The molecule has 0 fully saturated rings. The van der Waals surface area contributed by atoms with Crippen molar-refractivity contribution in [3.63, 3.8) is 0 Å². The van der Waals surface area contributed by atoms with Crippen LogP contribution in [0.2, 0.25) is 0 Å². The molecule has 0 aromatic carbocycles. The minimum atomic E-state index is -0.547. The molecule has 2 aromatic heterocycles. The van der Waals surface area contributed by atoms with Crippen LogP contribution in [0.25, 0.3) is 0 Å². The highest BCUT2D eigenvalue weighted by Gasteiger charge is 2.38. The molecule has 0 bridgehead atoms. The van der Waals surface area contributed by atoms with E-state index in [1.54, 1.807) is 0 Å². The van der Waals surface area contributed by atoms with Crippen molar-refractivity contribution < 1.29 is 10.0 Å². The summed E-state index contributed by atoms with van der Waals surface area (Å²) >= 11 is 3.00. The third-order valence-corrected chi connectivity index (χ3v) is 4.51. The third-order valence-electron chi connectivity index (χ3n) is 2.54. The molecule has 0 amide bonds. The summed E-state index contributed by atoms with van der Waals surface area (Å²) in [6.07, 6.45) is 0. The van der Waals surface area contributed by atoms with Crippen molar-refractivity contribution in [2.45, 2.75) is 0 Å². The summed E-state index contributed by atoms with van der Waals surface area (Å²) in [6.45, 7) is -1.09. The quantitative estimate of drug-likeness (QED) is 0.520. The molecule has 1 aliphatic rings. The van der Waals surface area contributed by atoms with Gasteiger partial charge >= 0.3 is 13.8 Å². The lowest BCUT2D eigenvalue weighted by molar-refractivity contribution is 0.593. The van der Waals surface area contributed by atoms with Crippen LogP contribution in [0, 0.1) is 0 Å². The molecule has 0 saturated carbocycles. The van der Waals surface area contributed by atoms with E-state index in [0.29, 0.717) is 0 Å². The van der Waals surface area contributed by atoms with Crippen LogP contribution in [-0.2, 0) is 0 Å². The molecule has 1 aliphatic heterocycles. The van der Waals surface area contributed by atoms with Gasteiger partial charge in [0.25, 0.3) is 0 Å². The fourth-order valence-corrected chi connectivity index (χ4v) is 3.71. The van der Waals surface area contributed by atoms with Gasteiger partial charge in [-0.2, -0.15) is 22.7 Å². The van der Waals surface area contributed by atoms with E-state index in [4.69, 9.17) is 0 Å². The Morgan fingerprint density at radius 2 is 1.29 bits per heavy atom. The Kier molecular flexibility index (Phi) is 1.85. The first-order chi connectivity index (χ1) is 6.79. The van der Waals surface area contributed by atoms with E-state index < -0.39 is 13.8 Å². The van der Waals surface area contributed by atoms with Gasteiger partial charge in [-0.05, 0) is 21.7 Å². The number of rotatable bonds is 0. The van der Waals surface area contributed by atoms with E-state index in [-0.39, 0.29) is 0 Å². The van der Waals surface area contributed by atoms with Crippen LogP contribution in [-0.4, -0.2) is 23.9 Å². The first kappa shape index (κ1) is 8.73. The van der Waals surface area contributed by atoms with Crippen molar-refractivity contribution in [3.8, 4) is 0 Å². The topological polar surface area (TPSA) is 40.5 Å². The lowest BCUT2D eigenvalue weighted by Crippen LogP contribution is -2.66. The third kappa shape index (κ3) is 0.995. The van der Waals surface area contributed by atoms with Crippen molar-refractivity contribution >= 4 is 57.0 Å². The smallest absolute Gasteiger partial charge is 0.369 e.